The van der Waals surface area contributed by atoms with Gasteiger partial charge in [0.2, 0.25) is 11.9 Å². The second-order valence-electron chi connectivity index (χ2n) is 11.5. The lowest BCUT2D eigenvalue weighted by atomic mass is 10.1. The van der Waals surface area contributed by atoms with Gasteiger partial charge in [0.05, 0.1) is 0 Å². The number of rotatable bonds is 16. The number of benzene rings is 4. The van der Waals surface area contributed by atoms with Crippen molar-refractivity contribution in [2.45, 2.75) is 45.3 Å². The number of nitrogens with two attached hydrogens (primary N) is 1. The van der Waals surface area contributed by atoms with Crippen molar-refractivity contribution in [2.75, 3.05) is 13.1 Å². The van der Waals surface area contributed by atoms with Crippen LogP contribution in [0.5, 0.6) is 0 Å². The fourth-order valence-corrected chi connectivity index (χ4v) is 4.70. The summed E-state index contributed by atoms with van der Waals surface area (Å²) in [4.78, 5) is 68.8. The van der Waals surface area contributed by atoms with Crippen LogP contribution in [0.1, 0.15) is 35.1 Å². The highest BCUT2D eigenvalue weighted by molar-refractivity contribution is 5.98. The summed E-state index contributed by atoms with van der Waals surface area (Å²) in [5, 5.41) is 4.99. The minimum atomic E-state index is -1.21. The van der Waals surface area contributed by atoms with Crippen LogP contribution in [0.3, 0.4) is 0 Å². The molecule has 53 heavy (non-hydrogen) atoms. The molecule has 0 fully saturated rings. The van der Waals surface area contributed by atoms with Crippen LogP contribution in [-0.4, -0.2) is 60.1 Å². The van der Waals surface area contributed by atoms with Crippen molar-refractivity contribution >= 4 is 36.1 Å². The van der Waals surface area contributed by atoms with E-state index in [0.717, 1.165) is 21.6 Å². The smallest absolute Gasteiger partial charge is 0.437 e. The van der Waals surface area contributed by atoms with Gasteiger partial charge in [-0.25, -0.2) is 19.3 Å². The molecule has 0 bridgehead atoms. The van der Waals surface area contributed by atoms with Gasteiger partial charge in [0.25, 0.3) is 0 Å². The van der Waals surface area contributed by atoms with Crippen molar-refractivity contribution in [1.29, 1.82) is 0 Å². The Kier molecular flexibility index (Phi) is 15.9. The molecule has 0 aliphatic rings. The molecule has 4 amide bonds. The molecule has 4 aromatic carbocycles. The number of esters is 1. The number of nitrogens with zero attached hydrogens (tertiary/aromatic N) is 2. The third-order valence-corrected chi connectivity index (χ3v) is 7.46. The highest BCUT2D eigenvalue weighted by atomic mass is 16.6. The molecule has 0 heterocycles. The van der Waals surface area contributed by atoms with E-state index in [4.69, 9.17) is 24.7 Å². The number of guanidine groups is 1. The molecule has 0 saturated heterocycles. The maximum absolute atomic E-state index is 13.3. The molecule has 4 aromatic rings. The Morgan fingerprint density at radius 1 is 0.623 bits per heavy atom. The number of amides is 4. The molecule has 1 atom stereocenters. The van der Waals surface area contributed by atoms with E-state index >= 15 is 0 Å². The summed E-state index contributed by atoms with van der Waals surface area (Å²) < 4.78 is 21.2. The van der Waals surface area contributed by atoms with Gasteiger partial charge in [0.15, 0.2) is 0 Å². The zero-order valence-electron chi connectivity index (χ0n) is 28.9. The highest BCUT2D eigenvalue weighted by Crippen LogP contribution is 2.09. The normalized spacial score (nSPS) is 11.4. The predicted octanol–water partition coefficient (Wildman–Crippen LogP) is 5.21. The van der Waals surface area contributed by atoms with Crippen LogP contribution in [0.15, 0.2) is 126 Å². The lowest BCUT2D eigenvalue weighted by Crippen LogP contribution is -2.49. The molecule has 4 N–H and O–H groups in total. The van der Waals surface area contributed by atoms with E-state index in [9.17, 15) is 24.0 Å². The molecule has 1 unspecified atom stereocenters. The van der Waals surface area contributed by atoms with E-state index in [1.807, 2.05) is 24.3 Å². The summed E-state index contributed by atoms with van der Waals surface area (Å²) in [6.45, 7) is -0.854. The zero-order valence-corrected chi connectivity index (χ0v) is 28.9. The number of carbonyl (C=O) groups is 5. The first-order valence-corrected chi connectivity index (χ1v) is 16.7. The highest BCUT2D eigenvalue weighted by Gasteiger charge is 2.25. The van der Waals surface area contributed by atoms with E-state index < -0.39 is 48.7 Å². The van der Waals surface area contributed by atoms with E-state index in [1.165, 1.54) is 0 Å². The molecule has 0 radical (unpaired) electrons. The number of carbonyl (C=O) groups excluding carboxylic acids is 5. The fraction of sp³-hybridized carbons (Fsp3) is 0.231. The van der Waals surface area contributed by atoms with Crippen LogP contribution < -0.4 is 16.4 Å². The third kappa shape index (κ3) is 14.6. The van der Waals surface area contributed by atoms with Crippen LogP contribution >= 0.6 is 0 Å². The molecule has 4 rings (SSSR count). The summed E-state index contributed by atoms with van der Waals surface area (Å²) in [5.41, 5.74) is 9.04. The van der Waals surface area contributed by atoms with Gasteiger partial charge < -0.3 is 35.3 Å². The van der Waals surface area contributed by atoms with Crippen molar-refractivity contribution in [3.63, 3.8) is 0 Å². The Balaban J connectivity index is 1.40. The van der Waals surface area contributed by atoms with Gasteiger partial charge in [-0.3, -0.25) is 9.59 Å². The minimum Gasteiger partial charge on any atom is -0.460 e. The zero-order chi connectivity index (χ0) is 37.7. The SMILES string of the molecule is N/C(=N\C(=O)OCc1ccccc1)N(CCCC(NC(=O)OCc1ccccc1)C(=O)NCC(=O)OCc1ccccc1)C(=O)OCc1ccccc1. The van der Waals surface area contributed by atoms with Gasteiger partial charge in [0, 0.05) is 6.54 Å². The summed E-state index contributed by atoms with van der Waals surface area (Å²) in [6, 6.07) is 34.6. The van der Waals surface area contributed by atoms with Crippen molar-refractivity contribution in [2.24, 2.45) is 10.7 Å². The number of aliphatic imine (C=N–C) groups is 1. The fourth-order valence-electron chi connectivity index (χ4n) is 4.70. The Hall–Kier alpha value is -6.70. The first-order chi connectivity index (χ1) is 25.8. The first kappa shape index (κ1) is 39.1. The lowest BCUT2D eigenvalue weighted by Gasteiger charge is -2.23. The summed E-state index contributed by atoms with van der Waals surface area (Å²) in [7, 11) is 0. The van der Waals surface area contributed by atoms with Crippen LogP contribution in [0, 0.1) is 0 Å². The molecular formula is C39H41N5O9. The predicted molar refractivity (Wildman–Crippen MR) is 194 cm³/mol. The number of nitrogens with one attached hydrogen (secondary N) is 2. The van der Waals surface area contributed by atoms with Crippen LogP contribution in [0.25, 0.3) is 0 Å². The lowest BCUT2D eigenvalue weighted by molar-refractivity contribution is -0.145. The second-order valence-corrected chi connectivity index (χ2v) is 11.5. The number of hydrogen-bond donors (Lipinski definition) is 3. The Morgan fingerprint density at radius 2 is 1.08 bits per heavy atom. The van der Waals surface area contributed by atoms with E-state index in [0.29, 0.717) is 5.56 Å². The van der Waals surface area contributed by atoms with E-state index in [2.05, 4.69) is 15.6 Å². The van der Waals surface area contributed by atoms with Crippen LogP contribution in [-0.2, 0) is 55.0 Å². The third-order valence-electron chi connectivity index (χ3n) is 7.46. The van der Waals surface area contributed by atoms with Gasteiger partial charge in [-0.1, -0.05) is 121 Å². The molecule has 0 spiro atoms. The maximum atomic E-state index is 13.3. The van der Waals surface area contributed by atoms with Crippen molar-refractivity contribution in [1.82, 2.24) is 15.5 Å². The van der Waals surface area contributed by atoms with Crippen molar-refractivity contribution in [3.8, 4) is 0 Å². The second kappa shape index (κ2) is 21.5. The molecule has 14 nitrogen and oxygen atoms in total. The largest absolute Gasteiger partial charge is 0.460 e. The number of ether oxygens (including phenoxy) is 4. The molecule has 14 heteroatoms. The average molecular weight is 724 g/mol. The Labute approximate surface area is 306 Å². The molecule has 0 aliphatic heterocycles. The topological polar surface area (TPSA) is 188 Å². The maximum Gasteiger partial charge on any atom is 0.437 e. The van der Waals surface area contributed by atoms with E-state index in [1.54, 1.807) is 97.1 Å². The van der Waals surface area contributed by atoms with Gasteiger partial charge in [-0.15, -0.1) is 4.99 Å². The molecule has 0 aromatic heterocycles. The van der Waals surface area contributed by atoms with Crippen LogP contribution in [0.4, 0.5) is 14.4 Å². The van der Waals surface area contributed by atoms with Gasteiger partial charge >= 0.3 is 24.2 Å². The number of alkyl carbamates (subject to hydrolysis) is 1. The molecular weight excluding hydrogens is 682 g/mol. The molecule has 0 saturated carbocycles. The standard InChI is InChI=1S/C39H41N5O9/c40-36(43-38(48)52-27-31-18-9-3-10-19-31)44(39(49)53-28-32-20-11-4-12-21-32)23-13-22-33(42-37(47)51-26-30-16-7-2-8-17-30)35(46)41-24-34(45)50-25-29-14-5-1-6-15-29/h1-12,14-21,33H,13,22-28H2,(H,41,46)(H,42,47)(H2,40,43,48). The summed E-state index contributed by atoms with van der Waals surface area (Å²) in [6.07, 6.45) is -2.85. The van der Waals surface area contributed by atoms with Crippen molar-refractivity contribution < 1.29 is 42.9 Å². The monoisotopic (exact) mass is 723 g/mol. The van der Waals surface area contributed by atoms with E-state index in [-0.39, 0.29) is 45.8 Å². The Bertz CT molecular complexity index is 1790. The molecule has 276 valence electrons. The van der Waals surface area contributed by atoms with Crippen LogP contribution in [0.2, 0.25) is 0 Å². The van der Waals surface area contributed by atoms with Crippen molar-refractivity contribution in [3.05, 3.63) is 144 Å². The van der Waals surface area contributed by atoms with Gasteiger partial charge in [-0.05, 0) is 35.1 Å². The molecule has 0 aliphatic carbocycles. The average Bonchev–Trinajstić information content (AvgIpc) is 3.19. The number of hydrogen-bond acceptors (Lipinski definition) is 9. The summed E-state index contributed by atoms with van der Waals surface area (Å²) in [5.74, 6) is -1.90. The summed E-state index contributed by atoms with van der Waals surface area (Å²) >= 11 is 0. The van der Waals surface area contributed by atoms with Gasteiger partial charge in [-0.2, -0.15) is 0 Å². The first-order valence-electron chi connectivity index (χ1n) is 16.7. The quantitative estimate of drug-likeness (QED) is 0.0599. The van der Waals surface area contributed by atoms with Gasteiger partial charge in [0.1, 0.15) is 39.0 Å². The minimum absolute atomic E-state index is 0.0159. The Morgan fingerprint density at radius 3 is 1.58 bits per heavy atom.